The summed E-state index contributed by atoms with van der Waals surface area (Å²) in [6.07, 6.45) is 6.16. The molecule has 1 atom stereocenters. The standard InChI is InChI=1S/C12H19NO3/c1-3-4-5-9(2)6-13-7-10(14)12(16)11(15)8-13/h7-9,14-15H,3-6H2,1-2H3/t9-/m1/s1. The fraction of sp³-hybridized carbons (Fsp3) is 0.583. The predicted molar refractivity (Wildman–Crippen MR) is 62.7 cm³/mol. The van der Waals surface area contributed by atoms with E-state index in [-0.39, 0.29) is 0 Å². The van der Waals surface area contributed by atoms with E-state index in [0.717, 1.165) is 12.8 Å². The van der Waals surface area contributed by atoms with Gasteiger partial charge >= 0.3 is 0 Å². The van der Waals surface area contributed by atoms with Gasteiger partial charge in [-0.25, -0.2) is 0 Å². The Morgan fingerprint density at radius 1 is 1.31 bits per heavy atom. The first kappa shape index (κ1) is 12.6. The van der Waals surface area contributed by atoms with Gasteiger partial charge in [0.25, 0.3) is 5.43 Å². The van der Waals surface area contributed by atoms with E-state index in [1.54, 1.807) is 4.57 Å². The van der Waals surface area contributed by atoms with Crippen LogP contribution in [0.15, 0.2) is 17.2 Å². The molecule has 0 saturated carbocycles. The molecule has 0 fully saturated rings. The summed E-state index contributed by atoms with van der Waals surface area (Å²) >= 11 is 0. The van der Waals surface area contributed by atoms with E-state index >= 15 is 0 Å². The zero-order chi connectivity index (χ0) is 12.1. The Bertz CT molecular complexity index is 371. The Morgan fingerprint density at radius 3 is 2.38 bits per heavy atom. The van der Waals surface area contributed by atoms with Crippen molar-refractivity contribution in [1.82, 2.24) is 4.57 Å². The molecule has 0 saturated heterocycles. The van der Waals surface area contributed by atoms with Gasteiger partial charge in [0, 0.05) is 6.54 Å². The largest absolute Gasteiger partial charge is 0.503 e. The predicted octanol–water partition coefficient (Wildman–Crippen LogP) is 2.09. The molecule has 4 nitrogen and oxygen atoms in total. The van der Waals surface area contributed by atoms with Crippen LogP contribution in [0, 0.1) is 5.92 Å². The Labute approximate surface area is 95.2 Å². The van der Waals surface area contributed by atoms with E-state index in [2.05, 4.69) is 13.8 Å². The van der Waals surface area contributed by atoms with Gasteiger partial charge in [-0.3, -0.25) is 4.79 Å². The summed E-state index contributed by atoms with van der Waals surface area (Å²) in [4.78, 5) is 11.1. The fourth-order valence-electron chi connectivity index (χ4n) is 1.71. The lowest BCUT2D eigenvalue weighted by Gasteiger charge is -2.13. The number of aromatic nitrogens is 1. The highest BCUT2D eigenvalue weighted by Crippen LogP contribution is 2.14. The van der Waals surface area contributed by atoms with Crippen LogP contribution in [0.25, 0.3) is 0 Å². The molecule has 1 heterocycles. The van der Waals surface area contributed by atoms with Gasteiger partial charge in [-0.05, 0) is 12.3 Å². The average Bonchev–Trinajstić information content (AvgIpc) is 2.23. The molecule has 2 N–H and O–H groups in total. The minimum absolute atomic E-state index is 0.400. The van der Waals surface area contributed by atoms with Gasteiger partial charge < -0.3 is 14.8 Å². The molecule has 0 unspecified atom stereocenters. The summed E-state index contributed by atoms with van der Waals surface area (Å²) in [6, 6.07) is 0. The lowest BCUT2D eigenvalue weighted by Crippen LogP contribution is -2.11. The number of aromatic hydroxyl groups is 2. The molecule has 0 aliphatic carbocycles. The molecule has 4 heteroatoms. The van der Waals surface area contributed by atoms with E-state index in [4.69, 9.17) is 0 Å². The third-order valence-corrected chi connectivity index (χ3v) is 2.61. The molecular weight excluding hydrogens is 206 g/mol. The van der Waals surface area contributed by atoms with Crippen LogP contribution in [0.2, 0.25) is 0 Å². The second kappa shape index (κ2) is 5.58. The van der Waals surface area contributed by atoms with Crippen LogP contribution in [0.1, 0.15) is 33.1 Å². The van der Waals surface area contributed by atoms with Crippen LogP contribution in [0.4, 0.5) is 0 Å². The minimum Gasteiger partial charge on any atom is -0.503 e. The molecule has 0 bridgehead atoms. The molecule has 0 aromatic carbocycles. The topological polar surface area (TPSA) is 62.5 Å². The van der Waals surface area contributed by atoms with Crippen LogP contribution < -0.4 is 5.43 Å². The van der Waals surface area contributed by atoms with E-state index in [1.807, 2.05) is 0 Å². The molecule has 90 valence electrons. The number of nitrogens with zero attached hydrogens (tertiary/aromatic N) is 1. The van der Waals surface area contributed by atoms with Crippen molar-refractivity contribution in [3.05, 3.63) is 22.6 Å². The van der Waals surface area contributed by atoms with Crippen molar-refractivity contribution >= 4 is 0 Å². The van der Waals surface area contributed by atoms with Crippen LogP contribution in [0.5, 0.6) is 11.5 Å². The van der Waals surface area contributed by atoms with Crippen molar-refractivity contribution in [2.45, 2.75) is 39.7 Å². The monoisotopic (exact) mass is 225 g/mol. The summed E-state index contributed by atoms with van der Waals surface area (Å²) in [5.41, 5.74) is -0.711. The number of unbranched alkanes of at least 4 members (excludes halogenated alkanes) is 1. The molecule has 0 radical (unpaired) electrons. The first-order valence-electron chi connectivity index (χ1n) is 5.66. The van der Waals surface area contributed by atoms with Crippen molar-refractivity contribution in [2.24, 2.45) is 5.92 Å². The zero-order valence-corrected chi connectivity index (χ0v) is 9.81. The minimum atomic E-state index is -0.711. The zero-order valence-electron chi connectivity index (χ0n) is 9.81. The maximum absolute atomic E-state index is 11.1. The van der Waals surface area contributed by atoms with Gasteiger partial charge in [-0.2, -0.15) is 0 Å². The molecule has 16 heavy (non-hydrogen) atoms. The molecule has 1 aromatic heterocycles. The first-order chi connectivity index (χ1) is 7.54. The highest BCUT2D eigenvalue weighted by Gasteiger charge is 2.07. The van der Waals surface area contributed by atoms with Crippen LogP contribution in [-0.4, -0.2) is 14.8 Å². The van der Waals surface area contributed by atoms with E-state index < -0.39 is 16.9 Å². The lowest BCUT2D eigenvalue weighted by molar-refractivity contribution is 0.399. The first-order valence-corrected chi connectivity index (χ1v) is 5.66. The van der Waals surface area contributed by atoms with E-state index in [1.165, 1.54) is 18.8 Å². The van der Waals surface area contributed by atoms with Gasteiger partial charge in [-0.1, -0.05) is 26.7 Å². The maximum atomic E-state index is 11.1. The van der Waals surface area contributed by atoms with Crippen molar-refractivity contribution in [3.8, 4) is 11.5 Å². The van der Waals surface area contributed by atoms with E-state index in [9.17, 15) is 15.0 Å². The number of pyridine rings is 1. The van der Waals surface area contributed by atoms with Crippen molar-refractivity contribution in [1.29, 1.82) is 0 Å². The Morgan fingerprint density at radius 2 is 1.88 bits per heavy atom. The summed E-state index contributed by atoms with van der Waals surface area (Å²) in [7, 11) is 0. The Hall–Kier alpha value is -1.45. The summed E-state index contributed by atoms with van der Waals surface area (Å²) in [6.45, 7) is 4.95. The van der Waals surface area contributed by atoms with Crippen LogP contribution in [-0.2, 0) is 6.54 Å². The molecular formula is C12H19NO3. The number of hydrogen-bond acceptors (Lipinski definition) is 3. The number of hydrogen-bond donors (Lipinski definition) is 2. The quantitative estimate of drug-likeness (QED) is 0.806. The summed E-state index contributed by atoms with van der Waals surface area (Å²) in [5, 5.41) is 18.6. The molecule has 0 amide bonds. The second-order valence-corrected chi connectivity index (χ2v) is 4.30. The third kappa shape index (κ3) is 3.29. The van der Waals surface area contributed by atoms with Crippen LogP contribution >= 0.6 is 0 Å². The van der Waals surface area contributed by atoms with Gasteiger partial charge in [0.2, 0.25) is 0 Å². The van der Waals surface area contributed by atoms with Gasteiger partial charge in [0.1, 0.15) is 0 Å². The summed E-state index contributed by atoms with van der Waals surface area (Å²) < 4.78 is 1.66. The molecule has 1 aromatic rings. The molecule has 0 aliphatic heterocycles. The molecule has 0 aliphatic rings. The Balaban J connectivity index is 2.71. The van der Waals surface area contributed by atoms with E-state index in [0.29, 0.717) is 12.5 Å². The van der Waals surface area contributed by atoms with Crippen LogP contribution in [0.3, 0.4) is 0 Å². The summed E-state index contributed by atoms with van der Waals surface area (Å²) in [5.74, 6) is -0.341. The fourth-order valence-corrected chi connectivity index (χ4v) is 1.71. The SMILES string of the molecule is CCCC[C@@H](C)Cn1cc(O)c(=O)c(O)c1. The van der Waals surface area contributed by atoms with Crippen molar-refractivity contribution in [3.63, 3.8) is 0 Å². The van der Waals surface area contributed by atoms with Gasteiger partial charge in [0.15, 0.2) is 11.5 Å². The smallest absolute Gasteiger partial charge is 0.264 e. The second-order valence-electron chi connectivity index (χ2n) is 4.30. The Kier molecular flexibility index (Phi) is 4.40. The molecule has 1 rings (SSSR count). The van der Waals surface area contributed by atoms with Gasteiger partial charge in [0.05, 0.1) is 12.4 Å². The number of rotatable bonds is 5. The highest BCUT2D eigenvalue weighted by molar-refractivity contribution is 5.26. The highest BCUT2D eigenvalue weighted by atomic mass is 16.3. The maximum Gasteiger partial charge on any atom is 0.264 e. The average molecular weight is 225 g/mol. The van der Waals surface area contributed by atoms with Crippen molar-refractivity contribution < 1.29 is 10.2 Å². The third-order valence-electron chi connectivity index (χ3n) is 2.61. The van der Waals surface area contributed by atoms with Crippen molar-refractivity contribution in [2.75, 3.05) is 0 Å². The molecule has 0 spiro atoms. The van der Waals surface area contributed by atoms with Gasteiger partial charge in [-0.15, -0.1) is 0 Å². The lowest BCUT2D eigenvalue weighted by atomic mass is 10.0. The normalized spacial score (nSPS) is 12.6.